The maximum Gasteiger partial charge on any atom is 0.155 e. The van der Waals surface area contributed by atoms with E-state index in [9.17, 15) is 8.42 Å². The highest BCUT2D eigenvalue weighted by Crippen LogP contribution is 2.30. The molecule has 1 aromatic carbocycles. The third-order valence-corrected chi connectivity index (χ3v) is 8.90. The number of ether oxygens (including phenoxy) is 1. The molecule has 0 N–H and O–H groups in total. The smallest absolute Gasteiger partial charge is 0.155 e. The Kier molecular flexibility index (Phi) is 9.38. The molecule has 4 nitrogen and oxygen atoms in total. The molecule has 1 heterocycles. The minimum atomic E-state index is -3.03. The fraction of sp³-hybridized carbons (Fsp3) is 0.760. The molecule has 1 unspecified atom stereocenters. The van der Waals surface area contributed by atoms with Crippen LogP contribution in [-0.2, 0) is 27.4 Å². The van der Waals surface area contributed by atoms with Crippen molar-refractivity contribution in [2.24, 2.45) is 0 Å². The van der Waals surface area contributed by atoms with Crippen molar-refractivity contribution < 1.29 is 17.5 Å². The maximum atomic E-state index is 15.2. The number of benzene rings is 1. The predicted molar refractivity (Wildman–Crippen MR) is 128 cm³/mol. The van der Waals surface area contributed by atoms with Crippen LogP contribution in [0.2, 0.25) is 0 Å². The average Bonchev–Trinajstić information content (AvgIpc) is 2.66. The summed E-state index contributed by atoms with van der Waals surface area (Å²) >= 11 is 0. The van der Waals surface area contributed by atoms with E-state index in [1.807, 2.05) is 13.0 Å². The summed E-state index contributed by atoms with van der Waals surface area (Å²) in [7, 11) is -3.03. The molecule has 2 atom stereocenters. The first-order chi connectivity index (χ1) is 14.5. The molecule has 0 radical (unpaired) electrons. The van der Waals surface area contributed by atoms with Crippen LogP contribution in [0.3, 0.4) is 0 Å². The molecular weight excluding hydrogens is 413 g/mol. The van der Waals surface area contributed by atoms with Crippen molar-refractivity contribution in [2.45, 2.75) is 103 Å². The van der Waals surface area contributed by atoms with Gasteiger partial charge in [0.05, 0.1) is 22.7 Å². The number of aryl methyl sites for hydroxylation is 1. The largest absolute Gasteiger partial charge is 0.372 e. The lowest BCUT2D eigenvalue weighted by Gasteiger charge is -2.38. The van der Waals surface area contributed by atoms with Crippen molar-refractivity contribution in [1.29, 1.82) is 0 Å². The van der Waals surface area contributed by atoms with Gasteiger partial charge in [-0.1, -0.05) is 32.3 Å². The van der Waals surface area contributed by atoms with Crippen LogP contribution in [0.5, 0.6) is 0 Å². The second kappa shape index (κ2) is 11.1. The first kappa shape index (κ1) is 26.1. The molecule has 1 fully saturated rings. The molecule has 0 amide bonds. The molecule has 0 bridgehead atoms. The van der Waals surface area contributed by atoms with Crippen LogP contribution in [0.4, 0.5) is 10.1 Å². The summed E-state index contributed by atoms with van der Waals surface area (Å²) in [5.74, 6) is 0.202. The molecular formula is C25H42FNO3S. The summed E-state index contributed by atoms with van der Waals surface area (Å²) in [4.78, 5) is 2.26. The molecule has 178 valence electrons. The van der Waals surface area contributed by atoms with E-state index in [0.717, 1.165) is 62.0 Å². The van der Waals surface area contributed by atoms with Gasteiger partial charge in [0.15, 0.2) is 9.84 Å². The summed E-state index contributed by atoms with van der Waals surface area (Å²) in [5.41, 5.74) is 2.61. The Morgan fingerprint density at radius 3 is 2.19 bits per heavy atom. The molecule has 1 aliphatic heterocycles. The van der Waals surface area contributed by atoms with Crippen LogP contribution >= 0.6 is 0 Å². The SMILES string of the molecule is CCc1c(N2CC(C)O[C@H](C)C2)ccc(CCCCCCCS(=O)(=O)C(C)(C)C)c1F. The fourth-order valence-corrected chi connectivity index (χ4v) is 5.50. The number of hydrogen-bond acceptors (Lipinski definition) is 4. The zero-order valence-electron chi connectivity index (χ0n) is 20.3. The van der Waals surface area contributed by atoms with E-state index in [1.165, 1.54) is 0 Å². The van der Waals surface area contributed by atoms with Crippen LogP contribution in [-0.4, -0.2) is 44.2 Å². The van der Waals surface area contributed by atoms with Gasteiger partial charge in [0.1, 0.15) is 5.82 Å². The van der Waals surface area contributed by atoms with Gasteiger partial charge in [-0.25, -0.2) is 12.8 Å². The normalized spacial score (nSPS) is 20.3. The van der Waals surface area contributed by atoms with Gasteiger partial charge in [-0.3, -0.25) is 0 Å². The minimum absolute atomic E-state index is 0.0527. The summed E-state index contributed by atoms with van der Waals surface area (Å²) in [6.45, 7) is 13.0. The molecule has 0 aliphatic carbocycles. The van der Waals surface area contributed by atoms with Gasteiger partial charge in [-0.05, 0) is 71.9 Å². The van der Waals surface area contributed by atoms with E-state index in [1.54, 1.807) is 20.8 Å². The fourth-order valence-electron chi connectivity index (χ4n) is 4.30. The Hall–Kier alpha value is -1.14. The Labute approximate surface area is 189 Å². The molecule has 0 spiro atoms. The molecule has 31 heavy (non-hydrogen) atoms. The molecule has 0 saturated carbocycles. The van der Waals surface area contributed by atoms with Crippen LogP contribution < -0.4 is 4.90 Å². The minimum Gasteiger partial charge on any atom is -0.372 e. The van der Waals surface area contributed by atoms with E-state index in [-0.39, 0.29) is 23.8 Å². The summed E-state index contributed by atoms with van der Waals surface area (Å²) in [5, 5.41) is 0. The molecule has 1 aromatic rings. The molecule has 6 heteroatoms. The number of nitrogens with zero attached hydrogens (tertiary/aromatic N) is 1. The number of morpholine rings is 1. The van der Waals surface area contributed by atoms with Gasteiger partial charge < -0.3 is 9.64 Å². The van der Waals surface area contributed by atoms with Crippen LogP contribution in [0, 0.1) is 5.82 Å². The van der Waals surface area contributed by atoms with Crippen molar-refractivity contribution in [2.75, 3.05) is 23.7 Å². The number of sulfone groups is 1. The summed E-state index contributed by atoms with van der Waals surface area (Å²) < 4.78 is 44.7. The van der Waals surface area contributed by atoms with Crippen molar-refractivity contribution >= 4 is 15.5 Å². The van der Waals surface area contributed by atoms with Gasteiger partial charge in [-0.15, -0.1) is 0 Å². The number of rotatable bonds is 10. The summed E-state index contributed by atoms with van der Waals surface area (Å²) in [6.07, 6.45) is 6.23. The van der Waals surface area contributed by atoms with Gasteiger partial charge in [0.2, 0.25) is 0 Å². The average molecular weight is 456 g/mol. The highest BCUT2D eigenvalue weighted by Gasteiger charge is 2.28. The predicted octanol–water partition coefficient (Wildman–Crippen LogP) is 5.71. The Morgan fingerprint density at radius 2 is 1.61 bits per heavy atom. The van der Waals surface area contributed by atoms with Crippen molar-refractivity contribution in [3.05, 3.63) is 29.1 Å². The molecule has 0 aromatic heterocycles. The topological polar surface area (TPSA) is 46.6 Å². The highest BCUT2D eigenvalue weighted by atomic mass is 32.2. The van der Waals surface area contributed by atoms with Crippen molar-refractivity contribution in [3.63, 3.8) is 0 Å². The van der Waals surface area contributed by atoms with Crippen molar-refractivity contribution in [1.82, 2.24) is 0 Å². The van der Waals surface area contributed by atoms with Gasteiger partial charge in [0.25, 0.3) is 0 Å². The van der Waals surface area contributed by atoms with E-state index >= 15 is 4.39 Å². The monoisotopic (exact) mass is 455 g/mol. The van der Waals surface area contributed by atoms with E-state index in [0.29, 0.717) is 12.8 Å². The first-order valence-corrected chi connectivity index (χ1v) is 13.5. The third-order valence-electron chi connectivity index (χ3n) is 6.20. The number of unbranched alkanes of at least 4 members (excludes halogenated alkanes) is 4. The lowest BCUT2D eigenvalue weighted by molar-refractivity contribution is -0.00528. The number of anilines is 1. The van der Waals surface area contributed by atoms with Gasteiger partial charge in [0, 0.05) is 24.3 Å². The Bertz CT molecular complexity index is 807. The zero-order chi connectivity index (χ0) is 23.2. The van der Waals surface area contributed by atoms with E-state index in [2.05, 4.69) is 24.8 Å². The second-order valence-corrected chi connectivity index (χ2v) is 12.9. The summed E-state index contributed by atoms with van der Waals surface area (Å²) in [6, 6.07) is 4.03. The Morgan fingerprint density at radius 1 is 1.03 bits per heavy atom. The lowest BCUT2D eigenvalue weighted by atomic mass is 9.99. The number of halogens is 1. The first-order valence-electron chi connectivity index (χ1n) is 11.9. The van der Waals surface area contributed by atoms with E-state index in [4.69, 9.17) is 4.74 Å². The lowest BCUT2D eigenvalue weighted by Crippen LogP contribution is -2.46. The number of hydrogen-bond donors (Lipinski definition) is 0. The zero-order valence-corrected chi connectivity index (χ0v) is 21.2. The second-order valence-electron chi connectivity index (χ2n) is 10.0. The maximum absolute atomic E-state index is 15.2. The Balaban J connectivity index is 1.85. The van der Waals surface area contributed by atoms with E-state index < -0.39 is 14.6 Å². The highest BCUT2D eigenvalue weighted by molar-refractivity contribution is 7.92. The van der Waals surface area contributed by atoms with Crippen LogP contribution in [0.1, 0.15) is 84.8 Å². The van der Waals surface area contributed by atoms with Crippen molar-refractivity contribution in [3.8, 4) is 0 Å². The van der Waals surface area contributed by atoms with Crippen LogP contribution in [0.25, 0.3) is 0 Å². The van der Waals surface area contributed by atoms with Gasteiger partial charge in [-0.2, -0.15) is 0 Å². The quantitative estimate of drug-likeness (QED) is 0.424. The van der Waals surface area contributed by atoms with Crippen LogP contribution in [0.15, 0.2) is 12.1 Å². The standard InChI is InChI=1S/C25H42FNO3S/c1-7-22-23(27-17-19(2)30-20(3)18-27)15-14-21(24(22)26)13-11-9-8-10-12-16-31(28,29)25(4,5)6/h14-15,19-20H,7-13,16-18H2,1-6H3/t19-,20?/m1/s1. The molecule has 2 rings (SSSR count). The molecule has 1 saturated heterocycles. The third kappa shape index (κ3) is 7.18. The molecule has 1 aliphatic rings. The van der Waals surface area contributed by atoms with Gasteiger partial charge >= 0.3 is 0 Å².